The van der Waals surface area contributed by atoms with Crippen LogP contribution in [0.15, 0.2) is 41.8 Å². The molecule has 142 valence electrons. The van der Waals surface area contributed by atoms with Crippen molar-refractivity contribution >= 4 is 27.5 Å². The molecule has 5 nitrogen and oxygen atoms in total. The largest absolute Gasteiger partial charge is 0.379 e. The molecule has 27 heavy (non-hydrogen) atoms. The summed E-state index contributed by atoms with van der Waals surface area (Å²) in [5.74, 6) is -0.331. The Hall–Kier alpha value is -2.22. The van der Waals surface area contributed by atoms with Crippen LogP contribution in [0.25, 0.3) is 10.2 Å². The second kappa shape index (κ2) is 8.21. The molecule has 0 unspecified atom stereocenters. The lowest BCUT2D eigenvalue weighted by Crippen LogP contribution is -2.41. The van der Waals surface area contributed by atoms with Crippen LogP contribution >= 0.6 is 11.3 Å². The quantitative estimate of drug-likeness (QED) is 0.707. The monoisotopic (exact) mass is 387 g/mol. The summed E-state index contributed by atoms with van der Waals surface area (Å²) in [5, 5.41) is 6.11. The molecule has 0 atom stereocenters. The van der Waals surface area contributed by atoms with Crippen molar-refractivity contribution in [2.75, 3.05) is 39.4 Å². The maximum atomic E-state index is 13.2. The van der Waals surface area contributed by atoms with Gasteiger partial charge in [0.05, 0.1) is 13.2 Å². The molecule has 0 radical (unpaired) electrons. The van der Waals surface area contributed by atoms with E-state index in [0.717, 1.165) is 48.6 Å². The third kappa shape index (κ3) is 4.21. The van der Waals surface area contributed by atoms with Crippen molar-refractivity contribution < 1.29 is 13.9 Å². The number of carbonyl (C=O) groups is 1. The molecule has 1 aliphatic rings. The summed E-state index contributed by atoms with van der Waals surface area (Å²) in [6.07, 6.45) is 0. The minimum atomic E-state index is -0.256. The van der Waals surface area contributed by atoms with Crippen molar-refractivity contribution in [3.63, 3.8) is 0 Å². The van der Waals surface area contributed by atoms with Crippen molar-refractivity contribution in [2.45, 2.75) is 6.54 Å². The number of fused-ring (bicyclic) bond motifs is 1. The van der Waals surface area contributed by atoms with E-state index in [4.69, 9.17) is 4.74 Å². The lowest BCUT2D eigenvalue weighted by Gasteiger charge is -2.26. The molecule has 1 aliphatic heterocycles. The average Bonchev–Trinajstić information content (AvgIpc) is 3.27. The van der Waals surface area contributed by atoms with Gasteiger partial charge in [0.25, 0.3) is 5.91 Å². The third-order valence-corrected chi connectivity index (χ3v) is 5.76. The van der Waals surface area contributed by atoms with Crippen LogP contribution in [-0.2, 0) is 11.3 Å². The molecular weight excluding hydrogens is 365 g/mol. The number of rotatable bonds is 6. The molecule has 1 N–H and O–H groups in total. The Bertz CT molecular complexity index is 913. The van der Waals surface area contributed by atoms with Crippen molar-refractivity contribution in [1.29, 1.82) is 0 Å². The number of nitrogens with one attached hydrogen (secondary N) is 1. The van der Waals surface area contributed by atoms with Crippen molar-refractivity contribution in [2.24, 2.45) is 0 Å². The minimum Gasteiger partial charge on any atom is -0.379 e. The molecular formula is C20H22FN3O2S. The molecule has 2 aromatic heterocycles. The van der Waals surface area contributed by atoms with Gasteiger partial charge in [-0.15, -0.1) is 11.3 Å². The van der Waals surface area contributed by atoms with Crippen molar-refractivity contribution in [1.82, 2.24) is 14.8 Å². The molecule has 7 heteroatoms. The van der Waals surface area contributed by atoms with Gasteiger partial charge in [-0.3, -0.25) is 9.69 Å². The number of carbonyl (C=O) groups excluding carboxylic acids is 1. The Morgan fingerprint density at radius 2 is 1.96 bits per heavy atom. The minimum absolute atomic E-state index is 0.0752. The molecule has 0 saturated carbocycles. The fourth-order valence-electron chi connectivity index (χ4n) is 3.34. The first-order chi connectivity index (χ1) is 13.2. The van der Waals surface area contributed by atoms with E-state index in [1.807, 2.05) is 22.1 Å². The molecule has 0 aliphatic carbocycles. The number of morpholine rings is 1. The number of hydrogen-bond donors (Lipinski definition) is 1. The molecule has 3 aromatic rings. The molecule has 3 heterocycles. The maximum Gasteiger partial charge on any atom is 0.268 e. The zero-order chi connectivity index (χ0) is 18.6. The number of benzene rings is 1. The van der Waals surface area contributed by atoms with Crippen LogP contribution in [0.3, 0.4) is 0 Å². The number of nitrogens with zero attached hydrogens (tertiary/aromatic N) is 2. The summed E-state index contributed by atoms with van der Waals surface area (Å²) in [7, 11) is 0. The highest BCUT2D eigenvalue weighted by atomic mass is 32.1. The van der Waals surface area contributed by atoms with Gasteiger partial charge in [-0.25, -0.2) is 4.39 Å². The standard InChI is InChI=1S/C20H22FN3O2S/c21-17-3-1-15(2-4-17)14-24-18(13-16-5-12-27-20(16)24)19(25)22-6-7-23-8-10-26-11-9-23/h1-5,12-13H,6-11,14H2,(H,22,25). The summed E-state index contributed by atoms with van der Waals surface area (Å²) in [4.78, 5) is 16.1. The second-order valence-electron chi connectivity index (χ2n) is 6.63. The van der Waals surface area contributed by atoms with Crippen LogP contribution in [-0.4, -0.2) is 54.8 Å². The Morgan fingerprint density at radius 3 is 2.74 bits per heavy atom. The van der Waals surface area contributed by atoms with Crippen LogP contribution in [0.1, 0.15) is 16.1 Å². The number of halogens is 1. The van der Waals surface area contributed by atoms with Gasteiger partial charge in [-0.05, 0) is 35.2 Å². The van der Waals surface area contributed by atoms with Gasteiger partial charge >= 0.3 is 0 Å². The van der Waals surface area contributed by atoms with Gasteiger partial charge in [-0.1, -0.05) is 12.1 Å². The summed E-state index contributed by atoms with van der Waals surface area (Å²) < 4.78 is 20.5. The number of ether oxygens (including phenoxy) is 1. The van der Waals surface area contributed by atoms with Gasteiger partial charge in [0.2, 0.25) is 0 Å². The van der Waals surface area contributed by atoms with E-state index in [0.29, 0.717) is 18.8 Å². The summed E-state index contributed by atoms with van der Waals surface area (Å²) >= 11 is 1.61. The van der Waals surface area contributed by atoms with Gasteiger partial charge in [0.15, 0.2) is 0 Å². The van der Waals surface area contributed by atoms with Crippen LogP contribution in [0.4, 0.5) is 4.39 Å². The molecule has 1 fully saturated rings. The van der Waals surface area contributed by atoms with Crippen molar-refractivity contribution in [3.05, 3.63) is 58.9 Å². The van der Waals surface area contributed by atoms with E-state index in [1.54, 1.807) is 23.5 Å². The van der Waals surface area contributed by atoms with E-state index in [-0.39, 0.29) is 11.7 Å². The molecule has 1 amide bonds. The summed E-state index contributed by atoms with van der Waals surface area (Å²) in [6, 6.07) is 10.4. The lowest BCUT2D eigenvalue weighted by molar-refractivity contribution is 0.0383. The van der Waals surface area contributed by atoms with E-state index in [9.17, 15) is 9.18 Å². The van der Waals surface area contributed by atoms with Crippen molar-refractivity contribution in [3.8, 4) is 0 Å². The smallest absolute Gasteiger partial charge is 0.268 e. The molecule has 0 spiro atoms. The number of aromatic nitrogens is 1. The highest BCUT2D eigenvalue weighted by Crippen LogP contribution is 2.26. The van der Waals surface area contributed by atoms with E-state index in [2.05, 4.69) is 10.2 Å². The molecule has 1 aromatic carbocycles. The predicted octanol–water partition coefficient (Wildman–Crippen LogP) is 2.95. The maximum absolute atomic E-state index is 13.2. The van der Waals surface area contributed by atoms with E-state index < -0.39 is 0 Å². The fraction of sp³-hybridized carbons (Fsp3) is 0.350. The number of amides is 1. The zero-order valence-electron chi connectivity index (χ0n) is 15.0. The van der Waals surface area contributed by atoms with Gasteiger partial charge in [-0.2, -0.15) is 0 Å². The van der Waals surface area contributed by atoms with Crippen LogP contribution in [0, 0.1) is 5.82 Å². The first-order valence-corrected chi connectivity index (χ1v) is 9.98. The predicted molar refractivity (Wildman–Crippen MR) is 105 cm³/mol. The number of thiophene rings is 1. The first-order valence-electron chi connectivity index (χ1n) is 9.10. The molecule has 0 bridgehead atoms. The second-order valence-corrected chi connectivity index (χ2v) is 7.53. The number of hydrogen-bond acceptors (Lipinski definition) is 4. The highest BCUT2D eigenvalue weighted by molar-refractivity contribution is 7.16. The van der Waals surface area contributed by atoms with Gasteiger partial charge in [0, 0.05) is 38.1 Å². The fourth-order valence-corrected chi connectivity index (χ4v) is 4.23. The third-order valence-electron chi connectivity index (χ3n) is 4.81. The summed E-state index contributed by atoms with van der Waals surface area (Å²) in [6.45, 7) is 5.29. The lowest BCUT2D eigenvalue weighted by atomic mass is 10.2. The van der Waals surface area contributed by atoms with Crippen LogP contribution in [0.5, 0.6) is 0 Å². The average molecular weight is 387 g/mol. The Kier molecular flexibility index (Phi) is 5.52. The first kappa shape index (κ1) is 18.2. The van der Waals surface area contributed by atoms with Crippen LogP contribution < -0.4 is 5.32 Å². The summed E-state index contributed by atoms with van der Waals surface area (Å²) in [5.41, 5.74) is 1.60. The SMILES string of the molecule is O=C(NCCN1CCOCC1)c1cc2ccsc2n1Cc1ccc(F)cc1. The van der Waals surface area contributed by atoms with Crippen LogP contribution in [0.2, 0.25) is 0 Å². The Labute approximate surface area is 161 Å². The molecule has 4 rings (SSSR count). The topological polar surface area (TPSA) is 46.5 Å². The van der Waals surface area contributed by atoms with E-state index >= 15 is 0 Å². The van der Waals surface area contributed by atoms with E-state index in [1.165, 1.54) is 12.1 Å². The Balaban J connectivity index is 1.47. The highest BCUT2D eigenvalue weighted by Gasteiger charge is 2.17. The normalized spacial score (nSPS) is 15.3. The Morgan fingerprint density at radius 1 is 1.19 bits per heavy atom. The zero-order valence-corrected chi connectivity index (χ0v) is 15.8. The van der Waals surface area contributed by atoms with Gasteiger partial charge in [0.1, 0.15) is 16.3 Å². The van der Waals surface area contributed by atoms with Gasteiger partial charge < -0.3 is 14.6 Å². The molecule has 1 saturated heterocycles.